The lowest BCUT2D eigenvalue weighted by Gasteiger charge is -2.16. The van der Waals surface area contributed by atoms with Crippen molar-refractivity contribution in [3.05, 3.63) is 83.4 Å². The quantitative estimate of drug-likeness (QED) is 0.391. The number of primary amides is 1. The molecule has 0 heterocycles. The van der Waals surface area contributed by atoms with Gasteiger partial charge in [-0.3, -0.25) is 14.4 Å². The monoisotopic (exact) mass is 436 g/mol. The van der Waals surface area contributed by atoms with Gasteiger partial charge in [0, 0.05) is 30.0 Å². The lowest BCUT2D eigenvalue weighted by atomic mass is 10.0. The largest absolute Gasteiger partial charge is 0.457 e. The summed E-state index contributed by atoms with van der Waals surface area (Å²) >= 11 is 0. The minimum absolute atomic E-state index is 0.0564. The van der Waals surface area contributed by atoms with Crippen molar-refractivity contribution >= 4 is 23.6 Å². The van der Waals surface area contributed by atoms with Crippen LogP contribution >= 0.6 is 0 Å². The summed E-state index contributed by atoms with van der Waals surface area (Å²) in [5, 5.41) is 2.82. The van der Waals surface area contributed by atoms with E-state index in [9.17, 15) is 19.2 Å². The first-order valence-electron chi connectivity index (χ1n) is 10.5. The first-order valence-corrected chi connectivity index (χ1v) is 10.5. The molecule has 2 amide bonds. The molecule has 0 aliphatic rings. The van der Waals surface area contributed by atoms with Crippen LogP contribution in [-0.2, 0) is 20.9 Å². The van der Waals surface area contributed by atoms with Crippen LogP contribution < -0.4 is 11.1 Å². The van der Waals surface area contributed by atoms with Crippen LogP contribution in [0.1, 0.15) is 58.9 Å². The maximum atomic E-state index is 12.9. The zero-order chi connectivity index (χ0) is 23.3. The fourth-order valence-corrected chi connectivity index (χ4v) is 2.98. The highest BCUT2D eigenvalue weighted by atomic mass is 16.5. The molecule has 0 spiro atoms. The number of carbonyl (C=O) groups is 4. The van der Waals surface area contributed by atoms with Crippen molar-refractivity contribution in [2.75, 3.05) is 0 Å². The molecule has 32 heavy (non-hydrogen) atoms. The standard InChI is InChI=1S/C25H28N2O5/c1-2-8-21(28)15-13-20(14-16-23(26)29)27-24(30)22-12-7-6-11-19(22)17-32-25(31)18-9-4-3-5-10-18/h3-7,9-13,15,20H,2,8,14,16-17H2,1H3,(H2,26,29)(H,27,30)/b15-13+. The molecule has 7 heteroatoms. The number of ketones is 1. The summed E-state index contributed by atoms with van der Waals surface area (Å²) in [5.41, 5.74) is 6.53. The highest BCUT2D eigenvalue weighted by Gasteiger charge is 2.17. The molecule has 0 saturated carbocycles. The number of esters is 1. The van der Waals surface area contributed by atoms with Crippen LogP contribution in [0.3, 0.4) is 0 Å². The van der Waals surface area contributed by atoms with Gasteiger partial charge in [-0.1, -0.05) is 49.4 Å². The van der Waals surface area contributed by atoms with Crippen molar-refractivity contribution in [1.82, 2.24) is 5.32 Å². The molecule has 168 valence electrons. The van der Waals surface area contributed by atoms with Crippen molar-refractivity contribution in [2.45, 2.75) is 45.3 Å². The molecule has 0 saturated heterocycles. The molecule has 0 fully saturated rings. The third-order valence-corrected chi connectivity index (χ3v) is 4.66. The highest BCUT2D eigenvalue weighted by Crippen LogP contribution is 2.13. The third-order valence-electron chi connectivity index (χ3n) is 4.66. The predicted molar refractivity (Wildman–Crippen MR) is 121 cm³/mol. The maximum Gasteiger partial charge on any atom is 0.338 e. The average molecular weight is 437 g/mol. The molecule has 7 nitrogen and oxygen atoms in total. The number of ether oxygens (including phenoxy) is 1. The van der Waals surface area contributed by atoms with Crippen molar-refractivity contribution in [3.63, 3.8) is 0 Å². The second-order valence-electron chi connectivity index (χ2n) is 7.26. The van der Waals surface area contributed by atoms with Crippen LogP contribution in [0.4, 0.5) is 0 Å². The Labute approximate surface area is 187 Å². The van der Waals surface area contributed by atoms with E-state index >= 15 is 0 Å². The number of carbonyl (C=O) groups excluding carboxylic acids is 4. The van der Waals surface area contributed by atoms with Crippen LogP contribution in [-0.4, -0.2) is 29.6 Å². The molecule has 0 bridgehead atoms. The maximum absolute atomic E-state index is 12.9. The number of amides is 2. The van der Waals surface area contributed by atoms with Gasteiger partial charge in [0.15, 0.2) is 5.78 Å². The van der Waals surface area contributed by atoms with Gasteiger partial charge >= 0.3 is 5.97 Å². The van der Waals surface area contributed by atoms with Gasteiger partial charge in [-0.2, -0.15) is 0 Å². The summed E-state index contributed by atoms with van der Waals surface area (Å²) in [4.78, 5) is 48.2. The van der Waals surface area contributed by atoms with E-state index in [4.69, 9.17) is 10.5 Å². The van der Waals surface area contributed by atoms with Crippen LogP contribution in [0, 0.1) is 0 Å². The molecule has 0 aliphatic carbocycles. The summed E-state index contributed by atoms with van der Waals surface area (Å²) in [6.07, 6.45) is 4.45. The Morgan fingerprint density at radius 3 is 2.38 bits per heavy atom. The number of nitrogens with two attached hydrogens (primary N) is 1. The molecule has 0 aromatic heterocycles. The molecule has 1 unspecified atom stereocenters. The lowest BCUT2D eigenvalue weighted by molar-refractivity contribution is -0.118. The molecule has 2 aromatic rings. The van der Waals surface area contributed by atoms with E-state index in [1.54, 1.807) is 60.7 Å². The number of nitrogens with one attached hydrogen (secondary N) is 1. The summed E-state index contributed by atoms with van der Waals surface area (Å²) in [6, 6.07) is 14.8. The number of allylic oxidation sites excluding steroid dienone is 1. The van der Waals surface area contributed by atoms with Gasteiger partial charge in [0.1, 0.15) is 6.61 Å². The van der Waals surface area contributed by atoms with E-state index in [2.05, 4.69) is 5.32 Å². The molecule has 0 aliphatic heterocycles. The topological polar surface area (TPSA) is 116 Å². The van der Waals surface area contributed by atoms with Gasteiger partial charge in [0.25, 0.3) is 5.91 Å². The van der Waals surface area contributed by atoms with Gasteiger partial charge < -0.3 is 15.8 Å². The molecule has 0 radical (unpaired) electrons. The van der Waals surface area contributed by atoms with Crippen molar-refractivity contribution in [3.8, 4) is 0 Å². The Hall–Kier alpha value is -3.74. The van der Waals surface area contributed by atoms with E-state index in [-0.39, 0.29) is 25.2 Å². The third kappa shape index (κ3) is 8.18. The first-order chi connectivity index (χ1) is 15.4. The smallest absolute Gasteiger partial charge is 0.338 e. The zero-order valence-electron chi connectivity index (χ0n) is 18.1. The minimum Gasteiger partial charge on any atom is -0.457 e. The Morgan fingerprint density at radius 1 is 1.00 bits per heavy atom. The van der Waals surface area contributed by atoms with Gasteiger partial charge in [0.05, 0.1) is 5.56 Å². The fraction of sp³-hybridized carbons (Fsp3) is 0.280. The van der Waals surface area contributed by atoms with Crippen molar-refractivity contribution in [2.24, 2.45) is 5.73 Å². The van der Waals surface area contributed by atoms with E-state index in [1.165, 1.54) is 6.08 Å². The zero-order valence-corrected chi connectivity index (χ0v) is 18.1. The number of benzene rings is 2. The van der Waals surface area contributed by atoms with Crippen molar-refractivity contribution in [1.29, 1.82) is 0 Å². The minimum atomic E-state index is -0.546. The lowest BCUT2D eigenvalue weighted by Crippen LogP contribution is -2.35. The average Bonchev–Trinajstić information content (AvgIpc) is 2.80. The van der Waals surface area contributed by atoms with Crippen LogP contribution in [0.25, 0.3) is 0 Å². The fourth-order valence-electron chi connectivity index (χ4n) is 2.98. The Kier molecular flexibility index (Phi) is 9.84. The first kappa shape index (κ1) is 24.5. The van der Waals surface area contributed by atoms with Crippen molar-refractivity contribution < 1.29 is 23.9 Å². The van der Waals surface area contributed by atoms with E-state index in [0.29, 0.717) is 23.1 Å². The second kappa shape index (κ2) is 12.8. The highest BCUT2D eigenvalue weighted by molar-refractivity contribution is 5.96. The van der Waals surface area contributed by atoms with E-state index in [0.717, 1.165) is 6.42 Å². The summed E-state index contributed by atoms with van der Waals surface area (Å²) in [5.74, 6) is -1.44. The molecule has 3 N–H and O–H groups in total. The van der Waals surface area contributed by atoms with Crippen LogP contribution in [0.2, 0.25) is 0 Å². The SMILES string of the molecule is CCCC(=O)/C=C/C(CCC(N)=O)NC(=O)c1ccccc1COC(=O)c1ccccc1. The molecule has 2 rings (SSSR count). The van der Waals surface area contributed by atoms with Gasteiger partial charge in [-0.25, -0.2) is 4.79 Å². The van der Waals surface area contributed by atoms with Crippen LogP contribution in [0.15, 0.2) is 66.7 Å². The van der Waals surface area contributed by atoms with E-state index in [1.807, 2.05) is 6.92 Å². The van der Waals surface area contributed by atoms with Gasteiger partial charge in [-0.05, 0) is 37.1 Å². The van der Waals surface area contributed by atoms with Gasteiger partial charge in [-0.15, -0.1) is 0 Å². The van der Waals surface area contributed by atoms with Crippen LogP contribution in [0.5, 0.6) is 0 Å². The number of hydrogen-bond donors (Lipinski definition) is 2. The summed E-state index contributed by atoms with van der Waals surface area (Å²) < 4.78 is 5.36. The predicted octanol–water partition coefficient (Wildman–Crippen LogP) is 3.33. The molecule has 1 atom stereocenters. The summed E-state index contributed by atoms with van der Waals surface area (Å²) in [6.45, 7) is 1.83. The molecular weight excluding hydrogens is 408 g/mol. The Bertz CT molecular complexity index is 969. The Balaban J connectivity index is 2.09. The second-order valence-corrected chi connectivity index (χ2v) is 7.26. The summed E-state index contributed by atoms with van der Waals surface area (Å²) in [7, 11) is 0. The number of hydrogen-bond acceptors (Lipinski definition) is 5. The molecular formula is C25H28N2O5. The molecule has 2 aromatic carbocycles. The Morgan fingerprint density at radius 2 is 1.69 bits per heavy atom. The number of rotatable bonds is 12. The normalized spacial score (nSPS) is 11.7. The van der Waals surface area contributed by atoms with Gasteiger partial charge in [0.2, 0.25) is 5.91 Å². The van der Waals surface area contributed by atoms with E-state index < -0.39 is 23.8 Å².